The Hall–Kier alpha value is -1.44. The number of anilines is 1. The lowest BCUT2D eigenvalue weighted by atomic mass is 10.1. The second-order valence-corrected chi connectivity index (χ2v) is 2.46. The molecular formula is C10H13NO. The number of ether oxygens (including phenoxy) is 1. The second kappa shape index (κ2) is 3.81. The molecular weight excluding hydrogens is 150 g/mol. The summed E-state index contributed by atoms with van der Waals surface area (Å²) in [6.07, 6.45) is 3.91. The first kappa shape index (κ1) is 8.65. The average Bonchev–Trinajstić information content (AvgIpc) is 2.09. The van der Waals surface area contributed by atoms with Crippen molar-refractivity contribution in [2.75, 3.05) is 12.8 Å². The lowest BCUT2D eigenvalue weighted by Gasteiger charge is -2.05. The third kappa shape index (κ3) is 1.59. The minimum atomic E-state index is 0.693. The van der Waals surface area contributed by atoms with Gasteiger partial charge in [0.1, 0.15) is 5.75 Å². The largest absolute Gasteiger partial charge is 0.495 e. The average molecular weight is 163 g/mol. The Morgan fingerprint density at radius 3 is 2.75 bits per heavy atom. The minimum absolute atomic E-state index is 0.693. The maximum absolute atomic E-state index is 5.80. The van der Waals surface area contributed by atoms with Crippen LogP contribution in [0.15, 0.2) is 24.3 Å². The molecule has 2 N–H and O–H groups in total. The molecule has 0 fully saturated rings. The number of benzene rings is 1. The van der Waals surface area contributed by atoms with E-state index in [1.165, 1.54) is 0 Å². The summed E-state index contributed by atoms with van der Waals surface area (Å²) in [4.78, 5) is 0. The highest BCUT2D eigenvalue weighted by Crippen LogP contribution is 2.25. The standard InChI is InChI=1S/C10H13NO/c1-3-5-8-6-4-7-9(12-2)10(8)11/h3-7H,11H2,1-2H3. The molecule has 1 rings (SSSR count). The zero-order valence-corrected chi connectivity index (χ0v) is 7.37. The Kier molecular flexibility index (Phi) is 2.75. The summed E-state index contributed by atoms with van der Waals surface area (Å²) in [6, 6.07) is 5.73. The highest BCUT2D eigenvalue weighted by atomic mass is 16.5. The summed E-state index contributed by atoms with van der Waals surface area (Å²) in [5.41, 5.74) is 7.49. The third-order valence-electron chi connectivity index (χ3n) is 1.67. The smallest absolute Gasteiger partial charge is 0.142 e. The van der Waals surface area contributed by atoms with Gasteiger partial charge in [-0.2, -0.15) is 0 Å². The monoisotopic (exact) mass is 163 g/mol. The maximum atomic E-state index is 5.80. The van der Waals surface area contributed by atoms with Crippen LogP contribution in [0.1, 0.15) is 12.5 Å². The first-order valence-electron chi connectivity index (χ1n) is 3.84. The van der Waals surface area contributed by atoms with E-state index in [1.807, 2.05) is 37.3 Å². The van der Waals surface area contributed by atoms with Gasteiger partial charge >= 0.3 is 0 Å². The van der Waals surface area contributed by atoms with Crippen molar-refractivity contribution < 1.29 is 4.74 Å². The van der Waals surface area contributed by atoms with Crippen LogP contribution in [-0.2, 0) is 0 Å². The number of allylic oxidation sites excluding steroid dienone is 1. The lowest BCUT2D eigenvalue weighted by molar-refractivity contribution is 0.417. The number of hydrogen-bond donors (Lipinski definition) is 1. The van der Waals surface area contributed by atoms with Crippen LogP contribution in [0.2, 0.25) is 0 Å². The van der Waals surface area contributed by atoms with E-state index in [1.54, 1.807) is 7.11 Å². The molecule has 1 aromatic carbocycles. The van der Waals surface area contributed by atoms with Crippen LogP contribution in [0.4, 0.5) is 5.69 Å². The summed E-state index contributed by atoms with van der Waals surface area (Å²) < 4.78 is 5.07. The normalized spacial score (nSPS) is 10.5. The first-order chi connectivity index (χ1) is 5.79. The molecule has 2 nitrogen and oxygen atoms in total. The fourth-order valence-electron chi connectivity index (χ4n) is 1.06. The molecule has 0 heterocycles. The highest BCUT2D eigenvalue weighted by Gasteiger charge is 2.00. The van der Waals surface area contributed by atoms with Gasteiger partial charge in [-0.1, -0.05) is 24.3 Å². The summed E-state index contributed by atoms with van der Waals surface area (Å²) in [5.74, 6) is 0.727. The molecule has 0 saturated heterocycles. The fraction of sp³-hybridized carbons (Fsp3) is 0.200. The van der Waals surface area contributed by atoms with Gasteiger partial charge in [-0.25, -0.2) is 0 Å². The van der Waals surface area contributed by atoms with E-state index in [0.717, 1.165) is 11.3 Å². The number of rotatable bonds is 2. The third-order valence-corrected chi connectivity index (χ3v) is 1.67. The number of nitrogen functional groups attached to an aromatic ring is 1. The van der Waals surface area contributed by atoms with Crippen LogP contribution in [-0.4, -0.2) is 7.11 Å². The first-order valence-corrected chi connectivity index (χ1v) is 3.84. The Labute approximate surface area is 72.7 Å². The van der Waals surface area contributed by atoms with Crippen molar-refractivity contribution in [3.8, 4) is 5.75 Å². The van der Waals surface area contributed by atoms with E-state index >= 15 is 0 Å². The van der Waals surface area contributed by atoms with Gasteiger partial charge in [0, 0.05) is 5.56 Å². The van der Waals surface area contributed by atoms with Gasteiger partial charge in [0.05, 0.1) is 12.8 Å². The predicted molar refractivity (Wildman–Crippen MR) is 52.1 cm³/mol. The molecule has 0 spiro atoms. The predicted octanol–water partition coefficient (Wildman–Crippen LogP) is 2.31. The molecule has 0 amide bonds. The Morgan fingerprint density at radius 1 is 1.42 bits per heavy atom. The van der Waals surface area contributed by atoms with Gasteiger partial charge in [-0.05, 0) is 13.0 Å². The van der Waals surface area contributed by atoms with Gasteiger partial charge in [-0.3, -0.25) is 0 Å². The van der Waals surface area contributed by atoms with E-state index in [-0.39, 0.29) is 0 Å². The van der Waals surface area contributed by atoms with Gasteiger partial charge in [0.2, 0.25) is 0 Å². The number of methoxy groups -OCH3 is 1. The van der Waals surface area contributed by atoms with Gasteiger partial charge in [-0.15, -0.1) is 0 Å². The summed E-state index contributed by atoms with van der Waals surface area (Å²) in [5, 5.41) is 0. The zero-order valence-electron chi connectivity index (χ0n) is 7.37. The molecule has 12 heavy (non-hydrogen) atoms. The van der Waals surface area contributed by atoms with Crippen molar-refractivity contribution in [2.45, 2.75) is 6.92 Å². The molecule has 0 atom stereocenters. The molecule has 1 aromatic rings. The molecule has 0 aliphatic rings. The molecule has 2 heteroatoms. The van der Waals surface area contributed by atoms with Crippen molar-refractivity contribution in [3.05, 3.63) is 29.8 Å². The Balaban J connectivity index is 3.13. The number of hydrogen-bond acceptors (Lipinski definition) is 2. The topological polar surface area (TPSA) is 35.2 Å². The molecule has 0 aromatic heterocycles. The lowest BCUT2D eigenvalue weighted by Crippen LogP contribution is -1.94. The summed E-state index contributed by atoms with van der Waals surface area (Å²) in [7, 11) is 1.62. The number of para-hydroxylation sites is 1. The van der Waals surface area contributed by atoms with Crippen molar-refractivity contribution in [3.63, 3.8) is 0 Å². The molecule has 0 aliphatic heterocycles. The molecule has 0 bridgehead atoms. The van der Waals surface area contributed by atoms with E-state index in [9.17, 15) is 0 Å². The molecule has 0 radical (unpaired) electrons. The quantitative estimate of drug-likeness (QED) is 0.679. The van der Waals surface area contributed by atoms with Gasteiger partial charge in [0.15, 0.2) is 0 Å². The molecule has 0 aliphatic carbocycles. The van der Waals surface area contributed by atoms with Gasteiger partial charge < -0.3 is 10.5 Å². The Bertz CT molecular complexity index is 292. The van der Waals surface area contributed by atoms with Crippen molar-refractivity contribution in [1.29, 1.82) is 0 Å². The summed E-state index contributed by atoms with van der Waals surface area (Å²) >= 11 is 0. The van der Waals surface area contributed by atoms with Crippen LogP contribution >= 0.6 is 0 Å². The SMILES string of the molecule is CC=Cc1cccc(OC)c1N. The second-order valence-electron chi connectivity index (χ2n) is 2.46. The van der Waals surface area contributed by atoms with E-state index < -0.39 is 0 Å². The van der Waals surface area contributed by atoms with Crippen molar-refractivity contribution in [2.24, 2.45) is 0 Å². The van der Waals surface area contributed by atoms with Crippen molar-refractivity contribution in [1.82, 2.24) is 0 Å². The summed E-state index contributed by atoms with van der Waals surface area (Å²) in [6.45, 7) is 1.96. The number of nitrogens with two attached hydrogens (primary N) is 1. The van der Waals surface area contributed by atoms with Crippen LogP contribution in [0.3, 0.4) is 0 Å². The maximum Gasteiger partial charge on any atom is 0.142 e. The van der Waals surface area contributed by atoms with E-state index in [2.05, 4.69) is 0 Å². The van der Waals surface area contributed by atoms with Crippen LogP contribution < -0.4 is 10.5 Å². The molecule has 0 unspecified atom stereocenters. The minimum Gasteiger partial charge on any atom is -0.495 e. The van der Waals surface area contributed by atoms with E-state index in [0.29, 0.717) is 5.69 Å². The Morgan fingerprint density at radius 2 is 2.17 bits per heavy atom. The van der Waals surface area contributed by atoms with Crippen LogP contribution in [0.25, 0.3) is 6.08 Å². The highest BCUT2D eigenvalue weighted by molar-refractivity contribution is 5.70. The van der Waals surface area contributed by atoms with Crippen LogP contribution in [0, 0.1) is 0 Å². The van der Waals surface area contributed by atoms with Gasteiger partial charge in [0.25, 0.3) is 0 Å². The zero-order chi connectivity index (χ0) is 8.97. The molecule has 64 valence electrons. The van der Waals surface area contributed by atoms with E-state index in [4.69, 9.17) is 10.5 Å². The molecule has 0 saturated carbocycles. The fourth-order valence-corrected chi connectivity index (χ4v) is 1.06. The van der Waals surface area contributed by atoms with Crippen molar-refractivity contribution >= 4 is 11.8 Å². The van der Waals surface area contributed by atoms with Crippen LogP contribution in [0.5, 0.6) is 5.75 Å².